The number of carbonyl (C=O) groups excluding carboxylic acids is 1. The molecule has 3 rings (SSSR count). The fraction of sp³-hybridized carbons (Fsp3) is 0.533. The summed E-state index contributed by atoms with van der Waals surface area (Å²) < 4.78 is 5.20. The van der Waals surface area contributed by atoms with Crippen LogP contribution in [0.4, 0.5) is 0 Å². The summed E-state index contributed by atoms with van der Waals surface area (Å²) in [4.78, 5) is 16.4. The van der Waals surface area contributed by atoms with Gasteiger partial charge in [-0.15, -0.1) is 0 Å². The Balaban J connectivity index is 1.53. The minimum atomic E-state index is -0.201. The first kappa shape index (κ1) is 15.2. The maximum absolute atomic E-state index is 12.1. The molecule has 0 spiro atoms. The van der Waals surface area contributed by atoms with Gasteiger partial charge < -0.3 is 15.6 Å². The Morgan fingerprint density at radius 2 is 2.27 bits per heavy atom. The molecule has 1 saturated carbocycles. The summed E-state index contributed by atoms with van der Waals surface area (Å²) in [6.07, 6.45) is 4.99. The molecule has 1 amide bonds. The second kappa shape index (κ2) is 6.58. The summed E-state index contributed by atoms with van der Waals surface area (Å²) in [6.45, 7) is 0.502. The minimum absolute atomic E-state index is 0.00244. The molecule has 6 nitrogen and oxygen atoms in total. The molecule has 0 atom stereocenters. The highest BCUT2D eigenvalue weighted by molar-refractivity contribution is 7.08. The van der Waals surface area contributed by atoms with Crippen LogP contribution in [0.3, 0.4) is 0 Å². The summed E-state index contributed by atoms with van der Waals surface area (Å²) in [5.74, 6) is 1.07. The van der Waals surface area contributed by atoms with E-state index < -0.39 is 0 Å². The van der Waals surface area contributed by atoms with Gasteiger partial charge in [0.05, 0.1) is 5.54 Å². The van der Waals surface area contributed by atoms with Gasteiger partial charge in [-0.25, -0.2) is 0 Å². The van der Waals surface area contributed by atoms with Gasteiger partial charge in [0.1, 0.15) is 0 Å². The third-order valence-electron chi connectivity index (χ3n) is 4.17. The van der Waals surface area contributed by atoms with Crippen LogP contribution in [0.5, 0.6) is 0 Å². The van der Waals surface area contributed by atoms with E-state index in [1.165, 1.54) is 0 Å². The largest absolute Gasteiger partial charge is 0.349 e. The van der Waals surface area contributed by atoms with E-state index in [0.717, 1.165) is 31.2 Å². The quantitative estimate of drug-likeness (QED) is 0.850. The van der Waals surface area contributed by atoms with Crippen LogP contribution in [-0.4, -0.2) is 28.1 Å². The summed E-state index contributed by atoms with van der Waals surface area (Å²) >= 11 is 1.58. The molecule has 1 fully saturated rings. The smallest absolute Gasteiger partial charge is 0.227 e. The minimum Gasteiger partial charge on any atom is -0.349 e. The standard InChI is InChI=1S/C15H20N4O2S/c16-10-15(6-1-2-7-15)18-12(20)3-4-13-17-14(19-21-13)11-5-8-22-9-11/h5,8-9H,1-4,6-7,10,16H2,(H,18,20). The second-order valence-corrected chi connectivity index (χ2v) is 6.54. The normalized spacial score (nSPS) is 16.8. The number of aryl methyl sites for hydroxylation is 1. The van der Waals surface area contributed by atoms with Crippen molar-refractivity contribution in [3.05, 3.63) is 22.7 Å². The van der Waals surface area contributed by atoms with Gasteiger partial charge in [-0.3, -0.25) is 4.79 Å². The van der Waals surface area contributed by atoms with E-state index in [2.05, 4.69) is 15.5 Å². The first-order valence-corrected chi connectivity index (χ1v) is 8.51. The molecule has 0 saturated heterocycles. The number of thiophene rings is 1. The fourth-order valence-electron chi connectivity index (χ4n) is 2.88. The van der Waals surface area contributed by atoms with Crippen molar-refractivity contribution in [2.24, 2.45) is 5.73 Å². The second-order valence-electron chi connectivity index (χ2n) is 5.76. The van der Waals surface area contributed by atoms with Gasteiger partial charge in [0.15, 0.2) is 0 Å². The Morgan fingerprint density at radius 1 is 1.45 bits per heavy atom. The molecule has 0 radical (unpaired) electrons. The van der Waals surface area contributed by atoms with Crippen molar-refractivity contribution in [2.45, 2.75) is 44.1 Å². The summed E-state index contributed by atoms with van der Waals surface area (Å²) in [7, 11) is 0. The topological polar surface area (TPSA) is 94.0 Å². The monoisotopic (exact) mass is 320 g/mol. The lowest BCUT2D eigenvalue weighted by molar-refractivity contribution is -0.123. The summed E-state index contributed by atoms with van der Waals surface area (Å²) in [5, 5.41) is 11.0. The van der Waals surface area contributed by atoms with Crippen LogP contribution < -0.4 is 11.1 Å². The van der Waals surface area contributed by atoms with E-state index in [9.17, 15) is 4.79 Å². The predicted octanol–water partition coefficient (Wildman–Crippen LogP) is 2.12. The molecule has 1 aliphatic rings. The molecule has 0 aromatic carbocycles. The van der Waals surface area contributed by atoms with E-state index in [1.54, 1.807) is 11.3 Å². The van der Waals surface area contributed by atoms with Crippen molar-refractivity contribution in [3.63, 3.8) is 0 Å². The van der Waals surface area contributed by atoms with Crippen molar-refractivity contribution in [3.8, 4) is 11.4 Å². The molecule has 3 N–H and O–H groups in total. The van der Waals surface area contributed by atoms with Gasteiger partial charge in [-0.05, 0) is 24.3 Å². The zero-order chi connectivity index (χ0) is 15.4. The third kappa shape index (κ3) is 3.36. The molecule has 2 aromatic rings. The van der Waals surface area contributed by atoms with Gasteiger partial charge >= 0.3 is 0 Å². The first-order chi connectivity index (χ1) is 10.7. The van der Waals surface area contributed by atoms with Gasteiger partial charge in [-0.2, -0.15) is 16.3 Å². The maximum atomic E-state index is 12.1. The Morgan fingerprint density at radius 3 is 2.95 bits per heavy atom. The molecule has 0 unspecified atom stereocenters. The van der Waals surface area contributed by atoms with Crippen LogP contribution >= 0.6 is 11.3 Å². The average molecular weight is 320 g/mol. The van der Waals surface area contributed by atoms with Gasteiger partial charge in [0.25, 0.3) is 0 Å². The Kier molecular flexibility index (Phi) is 4.54. The van der Waals surface area contributed by atoms with E-state index in [4.69, 9.17) is 10.3 Å². The molecule has 22 heavy (non-hydrogen) atoms. The Bertz CT molecular complexity index is 617. The van der Waals surface area contributed by atoms with Gasteiger partial charge in [0.2, 0.25) is 17.6 Å². The lowest BCUT2D eigenvalue weighted by Crippen LogP contribution is -2.51. The maximum Gasteiger partial charge on any atom is 0.227 e. The van der Waals surface area contributed by atoms with Crippen LogP contribution in [-0.2, 0) is 11.2 Å². The zero-order valence-electron chi connectivity index (χ0n) is 12.4. The molecule has 2 heterocycles. The van der Waals surface area contributed by atoms with Crippen LogP contribution in [0, 0.1) is 0 Å². The highest BCUT2D eigenvalue weighted by Gasteiger charge is 2.33. The van der Waals surface area contributed by atoms with Crippen molar-refractivity contribution >= 4 is 17.2 Å². The number of rotatable bonds is 6. The van der Waals surface area contributed by atoms with E-state index >= 15 is 0 Å². The number of nitrogens with zero attached hydrogens (tertiary/aromatic N) is 2. The number of amides is 1. The van der Waals surface area contributed by atoms with Crippen molar-refractivity contribution in [1.82, 2.24) is 15.5 Å². The van der Waals surface area contributed by atoms with Crippen LogP contribution in [0.25, 0.3) is 11.4 Å². The number of aromatic nitrogens is 2. The fourth-order valence-corrected chi connectivity index (χ4v) is 3.51. The molecular weight excluding hydrogens is 300 g/mol. The van der Waals surface area contributed by atoms with Crippen LogP contribution in [0.1, 0.15) is 38.0 Å². The highest BCUT2D eigenvalue weighted by Crippen LogP contribution is 2.28. The van der Waals surface area contributed by atoms with E-state index in [-0.39, 0.29) is 11.4 Å². The van der Waals surface area contributed by atoms with Crippen molar-refractivity contribution in [2.75, 3.05) is 6.54 Å². The van der Waals surface area contributed by atoms with Crippen LogP contribution in [0.15, 0.2) is 21.3 Å². The summed E-state index contributed by atoms with van der Waals surface area (Å²) in [6, 6.07) is 1.94. The molecule has 2 aromatic heterocycles. The SMILES string of the molecule is NCC1(NC(=O)CCc2nc(-c3ccsc3)no2)CCCC1. The number of carbonyl (C=O) groups is 1. The Hall–Kier alpha value is -1.73. The lowest BCUT2D eigenvalue weighted by atomic mass is 9.97. The number of nitrogens with one attached hydrogen (secondary N) is 1. The van der Waals surface area contributed by atoms with E-state index in [0.29, 0.717) is 31.1 Å². The molecule has 0 aliphatic heterocycles. The lowest BCUT2D eigenvalue weighted by Gasteiger charge is -2.28. The number of nitrogens with two attached hydrogens (primary N) is 1. The Labute approximate surface area is 133 Å². The number of hydrogen-bond acceptors (Lipinski definition) is 6. The molecule has 1 aliphatic carbocycles. The van der Waals surface area contributed by atoms with Gasteiger partial charge in [0, 0.05) is 30.3 Å². The average Bonchev–Trinajstić information content (AvgIpc) is 3.26. The van der Waals surface area contributed by atoms with Crippen LogP contribution in [0.2, 0.25) is 0 Å². The third-order valence-corrected chi connectivity index (χ3v) is 4.85. The first-order valence-electron chi connectivity index (χ1n) is 7.57. The molecule has 7 heteroatoms. The predicted molar refractivity (Wildman–Crippen MR) is 84.3 cm³/mol. The molecular formula is C15H20N4O2S. The molecule has 118 valence electrons. The zero-order valence-corrected chi connectivity index (χ0v) is 13.2. The van der Waals surface area contributed by atoms with Crippen molar-refractivity contribution in [1.29, 1.82) is 0 Å². The van der Waals surface area contributed by atoms with Gasteiger partial charge in [-0.1, -0.05) is 18.0 Å². The number of hydrogen-bond donors (Lipinski definition) is 2. The summed E-state index contributed by atoms with van der Waals surface area (Å²) in [5.41, 5.74) is 6.57. The van der Waals surface area contributed by atoms with E-state index in [1.807, 2.05) is 16.8 Å². The highest BCUT2D eigenvalue weighted by atomic mass is 32.1. The van der Waals surface area contributed by atoms with Crippen molar-refractivity contribution < 1.29 is 9.32 Å². The molecule has 0 bridgehead atoms.